The van der Waals surface area contributed by atoms with E-state index in [4.69, 9.17) is 5.73 Å². The van der Waals surface area contributed by atoms with Crippen LogP contribution in [-0.2, 0) is 13.0 Å². The first-order valence-corrected chi connectivity index (χ1v) is 6.86. The summed E-state index contributed by atoms with van der Waals surface area (Å²) in [5.74, 6) is 0.567. The number of nitrogens with one attached hydrogen (secondary N) is 1. The Morgan fingerprint density at radius 2 is 2.05 bits per heavy atom. The monoisotopic (exact) mass is 264 g/mol. The van der Waals surface area contributed by atoms with Gasteiger partial charge in [-0.15, -0.1) is 0 Å². The summed E-state index contributed by atoms with van der Waals surface area (Å²) >= 11 is 0. The first-order valence-electron chi connectivity index (χ1n) is 6.86. The maximum absolute atomic E-state index is 5.65. The van der Waals surface area contributed by atoms with Crippen molar-refractivity contribution in [3.05, 3.63) is 53.9 Å². The topological polar surface area (TPSA) is 57.9 Å². The van der Waals surface area contributed by atoms with E-state index in [2.05, 4.69) is 39.1 Å². The minimum atomic E-state index is 0.567. The van der Waals surface area contributed by atoms with Crippen molar-refractivity contribution in [2.75, 3.05) is 17.2 Å². The Labute approximate surface area is 117 Å². The third-order valence-corrected chi connectivity index (χ3v) is 4.02. The van der Waals surface area contributed by atoms with E-state index in [1.165, 1.54) is 22.2 Å². The van der Waals surface area contributed by atoms with E-state index in [-0.39, 0.29) is 0 Å². The molecule has 0 bridgehead atoms. The van der Waals surface area contributed by atoms with E-state index in [1.807, 2.05) is 18.3 Å². The largest absolute Gasteiger partial charge is 0.384 e. The fourth-order valence-electron chi connectivity index (χ4n) is 3.00. The first-order chi connectivity index (χ1) is 9.81. The van der Waals surface area contributed by atoms with Gasteiger partial charge in [0.15, 0.2) is 0 Å². The second-order valence-corrected chi connectivity index (χ2v) is 5.24. The SMILES string of the molecule is Nc1ccc(N2CCc3c([nH]c4ccccc34)C2)cn1. The second-order valence-electron chi connectivity index (χ2n) is 5.24. The van der Waals surface area contributed by atoms with Gasteiger partial charge in [0.2, 0.25) is 0 Å². The van der Waals surface area contributed by atoms with Crippen LogP contribution in [0, 0.1) is 0 Å². The fraction of sp³-hybridized carbons (Fsp3) is 0.188. The van der Waals surface area contributed by atoms with Crippen LogP contribution in [0.3, 0.4) is 0 Å². The Bertz CT molecular complexity index is 758. The quantitative estimate of drug-likeness (QED) is 0.710. The van der Waals surface area contributed by atoms with Gasteiger partial charge in [-0.1, -0.05) is 18.2 Å². The summed E-state index contributed by atoms with van der Waals surface area (Å²) in [4.78, 5) is 10.1. The molecule has 0 amide bonds. The molecule has 1 aromatic carbocycles. The molecule has 4 nitrogen and oxygen atoms in total. The molecule has 0 radical (unpaired) electrons. The number of pyridine rings is 1. The number of aromatic amines is 1. The Balaban J connectivity index is 1.71. The number of benzene rings is 1. The van der Waals surface area contributed by atoms with Crippen molar-refractivity contribution in [1.29, 1.82) is 0 Å². The highest BCUT2D eigenvalue weighted by atomic mass is 15.1. The highest BCUT2D eigenvalue weighted by Crippen LogP contribution is 2.29. The van der Waals surface area contributed by atoms with Gasteiger partial charge in [-0.2, -0.15) is 0 Å². The highest BCUT2D eigenvalue weighted by Gasteiger charge is 2.20. The summed E-state index contributed by atoms with van der Waals surface area (Å²) in [7, 11) is 0. The summed E-state index contributed by atoms with van der Waals surface area (Å²) in [5, 5.41) is 1.36. The number of nitrogens with two attached hydrogens (primary N) is 1. The molecule has 20 heavy (non-hydrogen) atoms. The lowest BCUT2D eigenvalue weighted by atomic mass is 10.0. The fourth-order valence-corrected chi connectivity index (χ4v) is 3.00. The van der Waals surface area contributed by atoms with Gasteiger partial charge in [-0.25, -0.2) is 4.98 Å². The molecule has 3 N–H and O–H groups in total. The summed E-state index contributed by atoms with van der Waals surface area (Å²) < 4.78 is 0. The number of aromatic nitrogens is 2. The standard InChI is InChI=1S/C16H16N4/c17-16-6-5-11(9-18-16)20-8-7-13-12-3-1-2-4-14(12)19-15(13)10-20/h1-6,9,19H,7-8,10H2,(H2,17,18). The number of hydrogen-bond donors (Lipinski definition) is 2. The first kappa shape index (κ1) is 11.3. The summed E-state index contributed by atoms with van der Waals surface area (Å²) in [6.45, 7) is 1.91. The molecule has 100 valence electrons. The van der Waals surface area contributed by atoms with Gasteiger partial charge >= 0.3 is 0 Å². The van der Waals surface area contributed by atoms with Gasteiger partial charge in [-0.05, 0) is 30.2 Å². The van der Waals surface area contributed by atoms with Crippen molar-refractivity contribution in [2.24, 2.45) is 0 Å². The van der Waals surface area contributed by atoms with E-state index >= 15 is 0 Å². The molecule has 0 fully saturated rings. The van der Waals surface area contributed by atoms with E-state index in [0.29, 0.717) is 5.82 Å². The van der Waals surface area contributed by atoms with Crippen LogP contribution in [0.1, 0.15) is 11.3 Å². The average molecular weight is 264 g/mol. The Morgan fingerprint density at radius 3 is 2.90 bits per heavy atom. The van der Waals surface area contributed by atoms with E-state index in [0.717, 1.165) is 25.2 Å². The van der Waals surface area contributed by atoms with Crippen molar-refractivity contribution in [1.82, 2.24) is 9.97 Å². The van der Waals surface area contributed by atoms with Crippen LogP contribution in [0.4, 0.5) is 11.5 Å². The third-order valence-electron chi connectivity index (χ3n) is 4.02. The molecule has 0 saturated carbocycles. The molecular weight excluding hydrogens is 248 g/mol. The number of nitrogens with zero attached hydrogens (tertiary/aromatic N) is 2. The van der Waals surface area contributed by atoms with Crippen LogP contribution in [0.2, 0.25) is 0 Å². The van der Waals surface area contributed by atoms with Crippen molar-refractivity contribution in [2.45, 2.75) is 13.0 Å². The zero-order valence-electron chi connectivity index (χ0n) is 11.1. The molecular formula is C16H16N4. The van der Waals surface area contributed by atoms with Crippen molar-refractivity contribution < 1.29 is 0 Å². The van der Waals surface area contributed by atoms with Crippen LogP contribution in [0.25, 0.3) is 10.9 Å². The molecule has 3 heterocycles. The van der Waals surface area contributed by atoms with Gasteiger partial charge in [-0.3, -0.25) is 0 Å². The lowest BCUT2D eigenvalue weighted by Crippen LogP contribution is -2.30. The molecule has 3 aromatic rings. The maximum atomic E-state index is 5.65. The minimum absolute atomic E-state index is 0.567. The number of H-pyrrole nitrogens is 1. The zero-order chi connectivity index (χ0) is 13.5. The highest BCUT2D eigenvalue weighted by molar-refractivity contribution is 5.85. The molecule has 0 saturated heterocycles. The van der Waals surface area contributed by atoms with Gasteiger partial charge < -0.3 is 15.6 Å². The Hall–Kier alpha value is -2.49. The van der Waals surface area contributed by atoms with Gasteiger partial charge in [0.25, 0.3) is 0 Å². The molecule has 0 aliphatic carbocycles. The normalized spacial score (nSPS) is 14.5. The predicted octanol–water partition coefficient (Wildman–Crippen LogP) is 2.71. The second kappa shape index (κ2) is 4.27. The lowest BCUT2D eigenvalue weighted by molar-refractivity contribution is 0.723. The predicted molar refractivity (Wildman–Crippen MR) is 81.7 cm³/mol. The van der Waals surface area contributed by atoms with Crippen LogP contribution < -0.4 is 10.6 Å². The maximum Gasteiger partial charge on any atom is 0.123 e. The average Bonchev–Trinajstić information content (AvgIpc) is 2.85. The van der Waals surface area contributed by atoms with Crippen LogP contribution in [0.5, 0.6) is 0 Å². The van der Waals surface area contributed by atoms with Gasteiger partial charge in [0.05, 0.1) is 18.4 Å². The number of rotatable bonds is 1. The van der Waals surface area contributed by atoms with Crippen molar-refractivity contribution >= 4 is 22.4 Å². The van der Waals surface area contributed by atoms with Crippen LogP contribution >= 0.6 is 0 Å². The summed E-state index contributed by atoms with van der Waals surface area (Å²) in [6.07, 6.45) is 2.91. The van der Waals surface area contributed by atoms with Crippen molar-refractivity contribution in [3.63, 3.8) is 0 Å². The number of fused-ring (bicyclic) bond motifs is 3. The van der Waals surface area contributed by atoms with Crippen LogP contribution in [-0.4, -0.2) is 16.5 Å². The third kappa shape index (κ3) is 1.72. The van der Waals surface area contributed by atoms with Crippen LogP contribution in [0.15, 0.2) is 42.6 Å². The molecule has 0 atom stereocenters. The van der Waals surface area contributed by atoms with Crippen molar-refractivity contribution in [3.8, 4) is 0 Å². The molecule has 1 aliphatic rings. The molecule has 1 aliphatic heterocycles. The summed E-state index contributed by atoms with van der Waals surface area (Å²) in [6, 6.07) is 12.4. The van der Waals surface area contributed by atoms with E-state index in [9.17, 15) is 0 Å². The van der Waals surface area contributed by atoms with E-state index < -0.39 is 0 Å². The smallest absolute Gasteiger partial charge is 0.123 e. The summed E-state index contributed by atoms with van der Waals surface area (Å²) in [5.41, 5.74) is 10.8. The Morgan fingerprint density at radius 1 is 1.15 bits per heavy atom. The van der Waals surface area contributed by atoms with Gasteiger partial charge in [0, 0.05) is 23.1 Å². The number of para-hydroxylation sites is 1. The molecule has 2 aromatic heterocycles. The number of anilines is 2. The molecule has 4 heteroatoms. The number of nitrogen functional groups attached to an aromatic ring is 1. The molecule has 0 spiro atoms. The van der Waals surface area contributed by atoms with E-state index in [1.54, 1.807) is 0 Å². The lowest BCUT2D eigenvalue weighted by Gasteiger charge is -2.28. The zero-order valence-corrected chi connectivity index (χ0v) is 11.1. The molecule has 0 unspecified atom stereocenters. The minimum Gasteiger partial charge on any atom is -0.384 e. The number of hydrogen-bond acceptors (Lipinski definition) is 3. The van der Waals surface area contributed by atoms with Gasteiger partial charge in [0.1, 0.15) is 5.82 Å². The molecule has 4 rings (SSSR count). The Kier molecular flexibility index (Phi) is 2.42.